The molecule has 1 aromatic heterocycles. The number of hydrogen-bond acceptors (Lipinski definition) is 3. The highest BCUT2D eigenvalue weighted by molar-refractivity contribution is 6.33. The largest absolute Gasteiger partial charge is 1.00 e. The van der Waals surface area contributed by atoms with Crippen molar-refractivity contribution in [3.63, 3.8) is 0 Å². The number of nitrogens with one attached hydrogen (secondary N) is 1. The summed E-state index contributed by atoms with van der Waals surface area (Å²) in [5, 5.41) is 5.09. The van der Waals surface area contributed by atoms with Crippen LogP contribution in [0.3, 0.4) is 0 Å². The van der Waals surface area contributed by atoms with Crippen molar-refractivity contribution in [3.8, 4) is 11.4 Å². The van der Waals surface area contributed by atoms with Crippen molar-refractivity contribution in [2.45, 2.75) is 13.8 Å². The molecular weight excluding hydrogens is 377 g/mol. The number of rotatable bonds is 3. The van der Waals surface area contributed by atoms with Gasteiger partial charge in [-0.2, -0.15) is 0 Å². The van der Waals surface area contributed by atoms with E-state index in [0.29, 0.717) is 10.8 Å². The Morgan fingerprint density at radius 1 is 0.852 bits per heavy atom. The third-order valence-electron chi connectivity index (χ3n) is 4.35. The zero-order chi connectivity index (χ0) is 18.1. The molecule has 0 saturated carbocycles. The van der Waals surface area contributed by atoms with Crippen LogP contribution in [0, 0.1) is 13.8 Å². The highest BCUT2D eigenvalue weighted by Gasteiger charge is 2.12. The predicted octanol–water partition coefficient (Wildman–Crippen LogP) is 3.31. The smallest absolute Gasteiger partial charge is 0.163 e. The summed E-state index contributed by atoms with van der Waals surface area (Å²) in [6, 6.07) is 22.0. The van der Waals surface area contributed by atoms with Crippen LogP contribution in [-0.4, -0.2) is 9.97 Å². The summed E-state index contributed by atoms with van der Waals surface area (Å²) >= 11 is 6.36. The second-order valence-corrected chi connectivity index (χ2v) is 6.74. The Bertz CT molecular complexity index is 1110. The van der Waals surface area contributed by atoms with Crippen LogP contribution in [0.5, 0.6) is 0 Å². The van der Waals surface area contributed by atoms with E-state index in [9.17, 15) is 0 Å². The van der Waals surface area contributed by atoms with Crippen molar-refractivity contribution in [1.82, 2.24) is 9.97 Å². The molecule has 136 valence electrons. The van der Waals surface area contributed by atoms with Crippen molar-refractivity contribution < 1.29 is 12.4 Å². The first-order chi connectivity index (χ1) is 12.6. The van der Waals surface area contributed by atoms with Crippen LogP contribution in [0.15, 0.2) is 66.7 Å². The van der Waals surface area contributed by atoms with Crippen LogP contribution >= 0.6 is 11.6 Å². The number of para-hydroxylation sites is 1. The summed E-state index contributed by atoms with van der Waals surface area (Å²) in [6.45, 7) is 4.18. The molecule has 3 aromatic carbocycles. The number of nitrogens with zero attached hydrogens (tertiary/aromatic N) is 2. The third kappa shape index (κ3) is 3.90. The lowest BCUT2D eigenvalue weighted by atomic mass is 10.1. The highest BCUT2D eigenvalue weighted by Crippen LogP contribution is 2.31. The third-order valence-corrected chi connectivity index (χ3v) is 4.68. The van der Waals surface area contributed by atoms with E-state index in [1.165, 1.54) is 11.1 Å². The topological polar surface area (TPSA) is 37.8 Å². The van der Waals surface area contributed by atoms with Gasteiger partial charge >= 0.3 is 0 Å². The van der Waals surface area contributed by atoms with Crippen molar-refractivity contribution in [3.05, 3.63) is 82.9 Å². The Labute approximate surface area is 169 Å². The Morgan fingerprint density at radius 2 is 1.59 bits per heavy atom. The molecule has 4 rings (SSSR count). The molecule has 1 N–H and O–H groups in total. The Balaban J connectivity index is 0.00000210. The zero-order valence-electron chi connectivity index (χ0n) is 15.0. The molecule has 27 heavy (non-hydrogen) atoms. The van der Waals surface area contributed by atoms with Gasteiger partial charge in [0.15, 0.2) is 5.82 Å². The second-order valence-electron chi connectivity index (χ2n) is 6.34. The second kappa shape index (κ2) is 7.95. The molecule has 0 fully saturated rings. The average molecular weight is 395 g/mol. The van der Waals surface area contributed by atoms with Gasteiger partial charge in [0.25, 0.3) is 0 Å². The van der Waals surface area contributed by atoms with Gasteiger partial charge in [0.2, 0.25) is 0 Å². The molecule has 1 heterocycles. The standard InChI is InChI=1S/C22H18ClN3.ClH/c1-14-11-12-19(15(2)13-14)24-22-17-8-4-6-10-20(17)25-21(26-22)16-7-3-5-9-18(16)23;/h3-13H,1-2H3,(H,24,25,26);1H/p-1. The summed E-state index contributed by atoms with van der Waals surface area (Å²) in [4.78, 5) is 9.49. The fourth-order valence-electron chi connectivity index (χ4n) is 3.02. The fraction of sp³-hybridized carbons (Fsp3) is 0.0909. The van der Waals surface area contributed by atoms with E-state index in [4.69, 9.17) is 21.6 Å². The van der Waals surface area contributed by atoms with Crippen molar-refractivity contribution in [2.24, 2.45) is 0 Å². The highest BCUT2D eigenvalue weighted by atomic mass is 35.5. The molecule has 0 aliphatic rings. The van der Waals surface area contributed by atoms with Gasteiger partial charge in [-0.3, -0.25) is 0 Å². The molecule has 0 bridgehead atoms. The van der Waals surface area contributed by atoms with Crippen LogP contribution in [-0.2, 0) is 0 Å². The first-order valence-corrected chi connectivity index (χ1v) is 8.85. The molecule has 0 aliphatic heterocycles. The van der Waals surface area contributed by atoms with E-state index in [2.05, 4.69) is 37.4 Å². The SMILES string of the molecule is Cc1ccc(Nc2nc(-c3ccccc3Cl)nc3ccccc23)c(C)c1.[Cl-]. The molecule has 0 aliphatic carbocycles. The maximum atomic E-state index is 6.36. The van der Waals surface area contributed by atoms with Crippen LogP contribution in [0.2, 0.25) is 5.02 Å². The molecule has 0 amide bonds. The number of anilines is 2. The van der Waals surface area contributed by atoms with Gasteiger partial charge < -0.3 is 17.7 Å². The van der Waals surface area contributed by atoms with E-state index in [1.54, 1.807) is 0 Å². The van der Waals surface area contributed by atoms with Crippen LogP contribution in [0.4, 0.5) is 11.5 Å². The summed E-state index contributed by atoms with van der Waals surface area (Å²) in [5.74, 6) is 1.39. The maximum absolute atomic E-state index is 6.36. The zero-order valence-corrected chi connectivity index (χ0v) is 16.5. The lowest BCUT2D eigenvalue weighted by Gasteiger charge is -2.13. The van der Waals surface area contributed by atoms with Crippen LogP contribution in [0.25, 0.3) is 22.3 Å². The number of aromatic nitrogens is 2. The van der Waals surface area contributed by atoms with Crippen molar-refractivity contribution in [2.75, 3.05) is 5.32 Å². The van der Waals surface area contributed by atoms with Crippen LogP contribution < -0.4 is 17.7 Å². The van der Waals surface area contributed by atoms with E-state index < -0.39 is 0 Å². The Hall–Kier alpha value is -2.62. The average Bonchev–Trinajstić information content (AvgIpc) is 2.64. The molecule has 0 unspecified atom stereocenters. The monoisotopic (exact) mass is 394 g/mol. The number of fused-ring (bicyclic) bond motifs is 1. The first kappa shape index (κ1) is 19.2. The minimum absolute atomic E-state index is 0. The molecular formula is C22H18Cl2N3-. The molecule has 0 atom stereocenters. The number of benzene rings is 3. The minimum Gasteiger partial charge on any atom is -1.00 e. The maximum Gasteiger partial charge on any atom is 0.163 e. The van der Waals surface area contributed by atoms with Gasteiger partial charge in [0.1, 0.15) is 5.82 Å². The minimum atomic E-state index is 0. The lowest BCUT2D eigenvalue weighted by Crippen LogP contribution is -3.00. The van der Waals surface area contributed by atoms with Gasteiger partial charge in [0, 0.05) is 16.6 Å². The van der Waals surface area contributed by atoms with Crippen LogP contribution in [0.1, 0.15) is 11.1 Å². The molecule has 0 saturated heterocycles. The lowest BCUT2D eigenvalue weighted by molar-refractivity contribution is -0.00000527. The number of aryl methyl sites for hydroxylation is 2. The molecule has 3 nitrogen and oxygen atoms in total. The van der Waals surface area contributed by atoms with Gasteiger partial charge in [0.05, 0.1) is 10.5 Å². The van der Waals surface area contributed by atoms with Gasteiger partial charge in [-0.05, 0) is 49.7 Å². The number of hydrogen-bond donors (Lipinski definition) is 1. The summed E-state index contributed by atoms with van der Waals surface area (Å²) < 4.78 is 0. The summed E-state index contributed by atoms with van der Waals surface area (Å²) in [7, 11) is 0. The normalized spacial score (nSPS) is 10.5. The predicted molar refractivity (Wildman–Crippen MR) is 109 cm³/mol. The van der Waals surface area contributed by atoms with Crippen molar-refractivity contribution in [1.29, 1.82) is 0 Å². The van der Waals surface area contributed by atoms with E-state index >= 15 is 0 Å². The van der Waals surface area contributed by atoms with E-state index in [1.807, 2.05) is 48.5 Å². The molecule has 0 spiro atoms. The number of halogens is 2. The Kier molecular flexibility index (Phi) is 5.64. The van der Waals surface area contributed by atoms with Gasteiger partial charge in [-0.1, -0.05) is 53.6 Å². The summed E-state index contributed by atoms with van der Waals surface area (Å²) in [6.07, 6.45) is 0. The van der Waals surface area contributed by atoms with E-state index in [-0.39, 0.29) is 12.4 Å². The van der Waals surface area contributed by atoms with Gasteiger partial charge in [-0.15, -0.1) is 0 Å². The summed E-state index contributed by atoms with van der Waals surface area (Å²) in [5.41, 5.74) is 5.14. The fourth-order valence-corrected chi connectivity index (χ4v) is 3.24. The Morgan fingerprint density at radius 3 is 2.37 bits per heavy atom. The first-order valence-electron chi connectivity index (χ1n) is 8.48. The quantitative estimate of drug-likeness (QED) is 0.579. The van der Waals surface area contributed by atoms with E-state index in [0.717, 1.165) is 28.0 Å². The molecule has 5 heteroatoms. The van der Waals surface area contributed by atoms with Gasteiger partial charge in [-0.25, -0.2) is 9.97 Å². The molecule has 4 aromatic rings. The molecule has 0 radical (unpaired) electrons. The van der Waals surface area contributed by atoms with Crippen molar-refractivity contribution >= 4 is 34.0 Å².